The fraction of sp³-hybridized carbons (Fsp3) is 0.875. The average Bonchev–Trinajstić information content (AvgIpc) is 2.17. The molecule has 3 N–H and O–H groups in total. The van der Waals surface area contributed by atoms with E-state index in [1.54, 1.807) is 0 Å². The third kappa shape index (κ3) is 4.66. The molecule has 6 nitrogen and oxygen atoms in total. The van der Waals surface area contributed by atoms with Crippen LogP contribution in [0.4, 0.5) is 0 Å². The quantitative estimate of drug-likeness (QED) is 0.555. The second-order valence-electron chi connectivity index (χ2n) is 3.57. The summed E-state index contributed by atoms with van der Waals surface area (Å²) in [5.41, 5.74) is 0. The maximum absolute atomic E-state index is 10.7. The van der Waals surface area contributed by atoms with Crippen molar-refractivity contribution >= 4 is 14.0 Å². The topological polar surface area (TPSA) is 89.9 Å². The Hall–Kier alpha value is -0.550. The van der Waals surface area contributed by atoms with Crippen LogP contribution < -0.4 is 5.32 Å². The number of carboxylic acid groups (broad SMARTS) is 1. The largest absolute Gasteiger partial charge is 0.505 e. The molecule has 1 aliphatic rings. The number of hydrogen-bond acceptors (Lipinski definition) is 4. The third-order valence-corrected chi connectivity index (χ3v) is 3.08. The molecule has 2 atom stereocenters. The molecule has 0 saturated carbocycles. The molecule has 0 aliphatic carbocycles. The first kappa shape index (κ1) is 12.5. The standard InChI is InChI=1S/C8H15N2O4P/c11-8(12)7-6-10(4-2-9-7)3-1-5-15(13)14/h7,9H,1-6H2,(H-,11,12,13,14)/p+1. The van der Waals surface area contributed by atoms with Crippen LogP contribution in [0.25, 0.3) is 0 Å². The number of aliphatic carboxylic acids is 1. The minimum absolute atomic E-state index is 0.289. The number of rotatable bonds is 5. The summed E-state index contributed by atoms with van der Waals surface area (Å²) in [6.45, 7) is 2.61. The van der Waals surface area contributed by atoms with Gasteiger partial charge in [-0.2, -0.15) is 4.89 Å². The van der Waals surface area contributed by atoms with Crippen LogP contribution in [0.15, 0.2) is 0 Å². The molecule has 0 aromatic carbocycles. The smallest absolute Gasteiger partial charge is 0.480 e. The van der Waals surface area contributed by atoms with Crippen LogP contribution in [0.1, 0.15) is 6.42 Å². The highest BCUT2D eigenvalue weighted by atomic mass is 31.1. The van der Waals surface area contributed by atoms with Gasteiger partial charge in [0.1, 0.15) is 6.04 Å². The van der Waals surface area contributed by atoms with E-state index in [4.69, 9.17) is 10.00 Å². The Morgan fingerprint density at radius 1 is 1.60 bits per heavy atom. The van der Waals surface area contributed by atoms with Gasteiger partial charge in [-0.25, -0.2) is 0 Å². The van der Waals surface area contributed by atoms with Gasteiger partial charge < -0.3 is 10.4 Å². The molecular weight excluding hydrogens is 219 g/mol. The van der Waals surface area contributed by atoms with Gasteiger partial charge in [-0.1, -0.05) is 0 Å². The Morgan fingerprint density at radius 3 is 2.93 bits per heavy atom. The lowest BCUT2D eigenvalue weighted by Gasteiger charge is -2.30. The van der Waals surface area contributed by atoms with Crippen molar-refractivity contribution in [3.8, 4) is 0 Å². The number of carbonyl (C=O) groups is 1. The minimum Gasteiger partial charge on any atom is -0.480 e. The van der Waals surface area contributed by atoms with Gasteiger partial charge in [0.15, 0.2) is 6.16 Å². The first-order valence-corrected chi connectivity index (χ1v) is 6.31. The average molecular weight is 235 g/mol. The number of nitrogens with zero attached hydrogens (tertiary/aromatic N) is 1. The van der Waals surface area contributed by atoms with E-state index in [2.05, 4.69) is 5.32 Å². The predicted octanol–water partition coefficient (Wildman–Crippen LogP) is -0.530. The van der Waals surface area contributed by atoms with Crippen molar-refractivity contribution in [3.63, 3.8) is 0 Å². The number of nitrogens with one attached hydrogen (secondary N) is 1. The first-order chi connectivity index (χ1) is 7.09. The Labute approximate surface area is 89.1 Å². The molecule has 1 fully saturated rings. The summed E-state index contributed by atoms with van der Waals surface area (Å²) in [7, 11) is -2.06. The minimum atomic E-state index is -2.06. The zero-order chi connectivity index (χ0) is 11.3. The monoisotopic (exact) mass is 235 g/mol. The van der Waals surface area contributed by atoms with Crippen molar-refractivity contribution < 1.29 is 19.4 Å². The summed E-state index contributed by atoms with van der Waals surface area (Å²) in [4.78, 5) is 21.3. The number of hydrogen-bond donors (Lipinski definition) is 3. The summed E-state index contributed by atoms with van der Waals surface area (Å²) < 4.78 is 10.4. The molecule has 0 bridgehead atoms. The van der Waals surface area contributed by atoms with Gasteiger partial charge in [-0.05, 0) is 4.57 Å². The second-order valence-corrected chi connectivity index (χ2v) is 4.73. The molecule has 1 heterocycles. The normalized spacial score (nSPS) is 23.8. The van der Waals surface area contributed by atoms with Gasteiger partial charge in [0.05, 0.1) is 0 Å². The Bertz CT molecular complexity index is 249. The third-order valence-electron chi connectivity index (χ3n) is 2.38. The maximum atomic E-state index is 10.7. The van der Waals surface area contributed by atoms with Crippen molar-refractivity contribution in [1.82, 2.24) is 10.2 Å². The molecule has 0 amide bonds. The molecule has 15 heavy (non-hydrogen) atoms. The van der Waals surface area contributed by atoms with Gasteiger partial charge >= 0.3 is 14.0 Å². The summed E-state index contributed by atoms with van der Waals surface area (Å²) >= 11 is 0. The van der Waals surface area contributed by atoms with Crippen molar-refractivity contribution in [3.05, 3.63) is 0 Å². The molecule has 1 saturated heterocycles. The zero-order valence-corrected chi connectivity index (χ0v) is 9.32. The van der Waals surface area contributed by atoms with Crippen LogP contribution in [-0.4, -0.2) is 59.3 Å². The highest BCUT2D eigenvalue weighted by Crippen LogP contribution is 2.14. The van der Waals surface area contributed by atoms with E-state index in [1.807, 2.05) is 4.90 Å². The lowest BCUT2D eigenvalue weighted by Crippen LogP contribution is -2.54. The molecule has 2 unspecified atom stereocenters. The molecule has 0 spiro atoms. The van der Waals surface area contributed by atoms with Crippen LogP contribution >= 0.6 is 8.03 Å². The van der Waals surface area contributed by atoms with Gasteiger partial charge in [0, 0.05) is 32.6 Å². The van der Waals surface area contributed by atoms with Crippen molar-refractivity contribution in [2.24, 2.45) is 0 Å². The zero-order valence-electron chi connectivity index (χ0n) is 8.43. The van der Waals surface area contributed by atoms with Gasteiger partial charge in [0.25, 0.3) is 0 Å². The second kappa shape index (κ2) is 6.12. The first-order valence-electron chi connectivity index (χ1n) is 4.91. The molecule has 0 aromatic heterocycles. The molecule has 86 valence electrons. The molecule has 1 rings (SSSR count). The van der Waals surface area contributed by atoms with Crippen LogP contribution in [0, 0.1) is 0 Å². The fourth-order valence-corrected chi connectivity index (χ4v) is 2.02. The fourth-order valence-electron chi connectivity index (χ4n) is 1.61. The molecule has 1 aliphatic heterocycles. The van der Waals surface area contributed by atoms with Crippen molar-refractivity contribution in [1.29, 1.82) is 0 Å². The molecule has 0 aromatic rings. The lowest BCUT2D eigenvalue weighted by atomic mass is 10.2. The van der Waals surface area contributed by atoms with Crippen molar-refractivity contribution in [2.75, 3.05) is 32.3 Å². The van der Waals surface area contributed by atoms with Crippen molar-refractivity contribution in [2.45, 2.75) is 12.5 Å². The maximum Gasteiger partial charge on any atom is 0.505 e. The number of carboxylic acids is 1. The molecule has 0 radical (unpaired) electrons. The summed E-state index contributed by atoms with van der Waals surface area (Å²) in [6.07, 6.45) is 0.926. The Kier molecular flexibility index (Phi) is 5.11. The number of piperazine rings is 1. The van der Waals surface area contributed by atoms with E-state index in [9.17, 15) is 9.36 Å². The predicted molar refractivity (Wildman–Crippen MR) is 55.2 cm³/mol. The summed E-state index contributed by atoms with van der Waals surface area (Å²) in [5, 5.41) is 11.7. The highest BCUT2D eigenvalue weighted by Gasteiger charge is 2.24. The van der Waals surface area contributed by atoms with Gasteiger partial charge in [-0.3, -0.25) is 9.69 Å². The van der Waals surface area contributed by atoms with E-state index in [1.165, 1.54) is 0 Å². The SMILES string of the molecule is O=C(O)C1CN(CCC[P+](=O)O)CCN1. The lowest BCUT2D eigenvalue weighted by molar-refractivity contribution is -0.140. The van der Waals surface area contributed by atoms with E-state index in [-0.39, 0.29) is 6.16 Å². The molecular formula is C8H16N2O4P+. The summed E-state index contributed by atoms with van der Waals surface area (Å²) in [5.74, 6) is -0.840. The van der Waals surface area contributed by atoms with E-state index >= 15 is 0 Å². The van der Waals surface area contributed by atoms with Gasteiger partial charge in [-0.15, -0.1) is 0 Å². The molecule has 7 heteroatoms. The van der Waals surface area contributed by atoms with E-state index in [0.29, 0.717) is 26.1 Å². The summed E-state index contributed by atoms with van der Waals surface area (Å²) in [6, 6.07) is -0.512. The van der Waals surface area contributed by atoms with Crippen LogP contribution in [0.2, 0.25) is 0 Å². The van der Waals surface area contributed by atoms with Crippen LogP contribution in [-0.2, 0) is 9.36 Å². The van der Waals surface area contributed by atoms with E-state index in [0.717, 1.165) is 6.54 Å². The van der Waals surface area contributed by atoms with Gasteiger partial charge in [0.2, 0.25) is 0 Å². The Morgan fingerprint density at radius 2 is 2.33 bits per heavy atom. The van der Waals surface area contributed by atoms with Crippen LogP contribution in [0.5, 0.6) is 0 Å². The Balaban J connectivity index is 2.24. The highest BCUT2D eigenvalue weighted by molar-refractivity contribution is 7.37. The van der Waals surface area contributed by atoms with Crippen LogP contribution in [0.3, 0.4) is 0 Å². The van der Waals surface area contributed by atoms with E-state index < -0.39 is 20.0 Å².